The lowest BCUT2D eigenvalue weighted by Gasteiger charge is -2.09. The molecule has 0 aliphatic carbocycles. The monoisotopic (exact) mass is 280 g/mol. The van der Waals surface area contributed by atoms with Gasteiger partial charge in [0.05, 0.1) is 23.3 Å². The second kappa shape index (κ2) is 5.40. The lowest BCUT2D eigenvalue weighted by molar-refractivity contribution is -0.148. The molecule has 0 unspecified atom stereocenters. The van der Waals surface area contributed by atoms with Crippen molar-refractivity contribution >= 4 is 28.5 Å². The van der Waals surface area contributed by atoms with E-state index < -0.39 is 5.97 Å². The summed E-state index contributed by atoms with van der Waals surface area (Å²) in [6.45, 7) is 3.34. The zero-order valence-corrected chi connectivity index (χ0v) is 11.3. The van der Waals surface area contributed by atoms with Gasteiger partial charge in [0.2, 0.25) is 0 Å². The summed E-state index contributed by atoms with van der Waals surface area (Å²) in [6, 6.07) is 4.86. The molecule has 0 aliphatic rings. The molecule has 6 heteroatoms. The smallest absolute Gasteiger partial charge is 0.326 e. The molecule has 1 aromatic heterocycles. The zero-order chi connectivity index (χ0) is 14.0. The van der Waals surface area contributed by atoms with E-state index in [2.05, 4.69) is 4.98 Å². The summed E-state index contributed by atoms with van der Waals surface area (Å²) in [4.78, 5) is 27.8. The predicted molar refractivity (Wildman–Crippen MR) is 72.2 cm³/mol. The van der Waals surface area contributed by atoms with Gasteiger partial charge in [0, 0.05) is 5.02 Å². The largest absolute Gasteiger partial charge is 0.462 e. The number of nitrogens with zero attached hydrogens (tertiary/aromatic N) is 2. The first-order valence-electron chi connectivity index (χ1n) is 5.81. The fraction of sp³-hybridized carbons (Fsp3) is 0.308. The average molecular weight is 281 g/mol. The molecule has 0 saturated heterocycles. The lowest BCUT2D eigenvalue weighted by atomic mass is 10.2. The molecular weight excluding hydrogens is 268 g/mol. The van der Waals surface area contributed by atoms with Crippen LogP contribution < -0.4 is 5.56 Å². The third-order valence-electron chi connectivity index (χ3n) is 2.45. The van der Waals surface area contributed by atoms with Crippen LogP contribution in [0.5, 0.6) is 0 Å². The van der Waals surface area contributed by atoms with E-state index in [1.165, 1.54) is 17.0 Å². The topological polar surface area (TPSA) is 61.2 Å². The van der Waals surface area contributed by atoms with Crippen molar-refractivity contribution in [2.45, 2.75) is 26.5 Å². The molecule has 0 saturated carbocycles. The van der Waals surface area contributed by atoms with Crippen molar-refractivity contribution in [1.29, 1.82) is 0 Å². The fourth-order valence-electron chi connectivity index (χ4n) is 1.68. The molecule has 100 valence electrons. The summed E-state index contributed by atoms with van der Waals surface area (Å²) in [5.41, 5.74) is 0.232. The van der Waals surface area contributed by atoms with Crippen molar-refractivity contribution < 1.29 is 9.53 Å². The Hall–Kier alpha value is -1.88. The van der Waals surface area contributed by atoms with E-state index in [0.29, 0.717) is 15.9 Å². The Morgan fingerprint density at radius 2 is 2.21 bits per heavy atom. The van der Waals surface area contributed by atoms with Crippen LogP contribution in [0.4, 0.5) is 0 Å². The van der Waals surface area contributed by atoms with Gasteiger partial charge in [-0.15, -0.1) is 0 Å². The first kappa shape index (κ1) is 13.5. The summed E-state index contributed by atoms with van der Waals surface area (Å²) in [6.07, 6.45) is 1.12. The second-order valence-corrected chi connectivity index (χ2v) is 4.81. The van der Waals surface area contributed by atoms with Gasteiger partial charge in [-0.3, -0.25) is 14.2 Å². The third kappa shape index (κ3) is 3.12. The minimum atomic E-state index is -0.472. The number of benzene rings is 1. The normalized spacial score (nSPS) is 10.9. The van der Waals surface area contributed by atoms with Crippen molar-refractivity contribution in [2.24, 2.45) is 0 Å². The number of rotatable bonds is 3. The van der Waals surface area contributed by atoms with Gasteiger partial charge in [0.15, 0.2) is 0 Å². The fourth-order valence-corrected chi connectivity index (χ4v) is 1.86. The van der Waals surface area contributed by atoms with Crippen LogP contribution in [0, 0.1) is 0 Å². The van der Waals surface area contributed by atoms with E-state index >= 15 is 0 Å². The number of carbonyl (C=O) groups is 1. The molecule has 0 N–H and O–H groups in total. The quantitative estimate of drug-likeness (QED) is 0.807. The number of ether oxygens (including phenoxy) is 1. The lowest BCUT2D eigenvalue weighted by Crippen LogP contribution is -2.26. The zero-order valence-electron chi connectivity index (χ0n) is 10.6. The molecule has 0 radical (unpaired) electrons. The maximum atomic E-state index is 12.2. The molecule has 5 nitrogen and oxygen atoms in total. The van der Waals surface area contributed by atoms with Crippen LogP contribution in [-0.4, -0.2) is 21.6 Å². The van der Waals surface area contributed by atoms with Crippen molar-refractivity contribution in [3.63, 3.8) is 0 Å². The van der Waals surface area contributed by atoms with Crippen LogP contribution >= 0.6 is 11.6 Å². The molecule has 2 aromatic rings. The number of hydrogen-bond donors (Lipinski definition) is 0. The van der Waals surface area contributed by atoms with Crippen LogP contribution in [0.25, 0.3) is 10.9 Å². The summed E-state index contributed by atoms with van der Waals surface area (Å²) in [7, 11) is 0. The van der Waals surface area contributed by atoms with Crippen LogP contribution in [0.2, 0.25) is 5.02 Å². The third-order valence-corrected chi connectivity index (χ3v) is 2.69. The molecular formula is C13H13ClN2O3. The molecule has 0 aliphatic heterocycles. The Morgan fingerprint density at radius 3 is 2.89 bits per heavy atom. The Balaban J connectivity index is 2.37. The van der Waals surface area contributed by atoms with Crippen molar-refractivity contribution in [2.75, 3.05) is 0 Å². The highest BCUT2D eigenvalue weighted by Crippen LogP contribution is 2.13. The van der Waals surface area contributed by atoms with E-state index in [1.807, 2.05) is 0 Å². The van der Waals surface area contributed by atoms with Crippen LogP contribution in [-0.2, 0) is 16.1 Å². The minimum absolute atomic E-state index is 0.160. The number of fused-ring (bicyclic) bond motifs is 1. The summed E-state index contributed by atoms with van der Waals surface area (Å²) in [5.74, 6) is -0.472. The molecule has 1 heterocycles. The maximum absolute atomic E-state index is 12.2. The Morgan fingerprint density at radius 1 is 1.47 bits per heavy atom. The number of aromatic nitrogens is 2. The second-order valence-electron chi connectivity index (χ2n) is 4.38. The standard InChI is InChI=1S/C13H13ClN2O3/c1-8(2)19-12(17)6-16-7-15-11-4-3-9(14)5-10(11)13(16)18/h3-5,7-8H,6H2,1-2H3. The van der Waals surface area contributed by atoms with Gasteiger partial charge in [0.1, 0.15) is 6.54 Å². The molecule has 19 heavy (non-hydrogen) atoms. The molecule has 0 amide bonds. The van der Waals surface area contributed by atoms with E-state index in [-0.39, 0.29) is 18.2 Å². The van der Waals surface area contributed by atoms with Gasteiger partial charge in [-0.25, -0.2) is 4.98 Å². The number of carbonyl (C=O) groups excluding carboxylic acids is 1. The van der Waals surface area contributed by atoms with Gasteiger partial charge < -0.3 is 4.74 Å². The molecule has 0 spiro atoms. The van der Waals surface area contributed by atoms with Gasteiger partial charge in [-0.2, -0.15) is 0 Å². The molecule has 0 atom stereocenters. The predicted octanol–water partition coefficient (Wildman–Crippen LogP) is 2.00. The maximum Gasteiger partial charge on any atom is 0.326 e. The highest BCUT2D eigenvalue weighted by Gasteiger charge is 2.10. The summed E-state index contributed by atoms with van der Waals surface area (Å²) >= 11 is 5.85. The average Bonchev–Trinajstić information content (AvgIpc) is 2.32. The first-order valence-corrected chi connectivity index (χ1v) is 6.19. The first-order chi connectivity index (χ1) is 8.97. The van der Waals surface area contributed by atoms with Crippen LogP contribution in [0.1, 0.15) is 13.8 Å². The van der Waals surface area contributed by atoms with Gasteiger partial charge in [-0.1, -0.05) is 11.6 Å². The van der Waals surface area contributed by atoms with Gasteiger partial charge in [-0.05, 0) is 32.0 Å². The van der Waals surface area contributed by atoms with E-state index in [0.717, 1.165) is 0 Å². The van der Waals surface area contributed by atoms with Crippen LogP contribution in [0.3, 0.4) is 0 Å². The number of hydrogen-bond acceptors (Lipinski definition) is 4. The Kier molecular flexibility index (Phi) is 3.85. The molecule has 0 bridgehead atoms. The summed E-state index contributed by atoms with van der Waals surface area (Å²) < 4.78 is 6.20. The van der Waals surface area contributed by atoms with E-state index in [1.54, 1.807) is 26.0 Å². The van der Waals surface area contributed by atoms with Crippen molar-refractivity contribution in [3.8, 4) is 0 Å². The highest BCUT2D eigenvalue weighted by atomic mass is 35.5. The minimum Gasteiger partial charge on any atom is -0.462 e. The number of esters is 1. The molecule has 2 rings (SSSR count). The molecule has 1 aromatic carbocycles. The number of halogens is 1. The van der Waals surface area contributed by atoms with E-state index in [4.69, 9.17) is 16.3 Å². The van der Waals surface area contributed by atoms with E-state index in [9.17, 15) is 9.59 Å². The Bertz CT molecular complexity index is 679. The summed E-state index contributed by atoms with van der Waals surface area (Å²) in [5, 5.41) is 0.834. The Labute approximate surface area is 114 Å². The van der Waals surface area contributed by atoms with Crippen LogP contribution in [0.15, 0.2) is 29.3 Å². The van der Waals surface area contributed by atoms with Crippen molar-refractivity contribution in [1.82, 2.24) is 9.55 Å². The van der Waals surface area contributed by atoms with Crippen molar-refractivity contribution in [3.05, 3.63) is 39.9 Å². The molecule has 0 fully saturated rings. The van der Waals surface area contributed by atoms with Gasteiger partial charge in [0.25, 0.3) is 5.56 Å². The SMILES string of the molecule is CC(C)OC(=O)Cn1cnc2ccc(Cl)cc2c1=O. The highest BCUT2D eigenvalue weighted by molar-refractivity contribution is 6.31. The van der Waals surface area contributed by atoms with Gasteiger partial charge >= 0.3 is 5.97 Å².